The van der Waals surface area contributed by atoms with Gasteiger partial charge >= 0.3 is 5.69 Å². The van der Waals surface area contributed by atoms with E-state index in [1.54, 1.807) is 20.0 Å². The summed E-state index contributed by atoms with van der Waals surface area (Å²) >= 11 is 0. The van der Waals surface area contributed by atoms with Gasteiger partial charge in [-0.3, -0.25) is 18.9 Å². The number of H-pyrrole nitrogens is 1. The zero-order chi connectivity index (χ0) is 26.6. The number of hydrogen-bond acceptors (Lipinski definition) is 7. The third-order valence-corrected chi connectivity index (χ3v) is 6.50. The average Bonchev–Trinajstić information content (AvgIpc) is 3.68. The third-order valence-electron chi connectivity index (χ3n) is 6.50. The maximum absolute atomic E-state index is 13.8. The minimum atomic E-state index is -0.222. The van der Waals surface area contributed by atoms with E-state index < -0.39 is 0 Å². The summed E-state index contributed by atoms with van der Waals surface area (Å²) < 4.78 is 4.98. The predicted molar refractivity (Wildman–Crippen MR) is 142 cm³/mol. The lowest BCUT2D eigenvalue weighted by Gasteiger charge is -2.09. The number of carbonyl (C=O) groups excluding carboxylic acids is 1. The second kappa shape index (κ2) is 10.8. The molecule has 1 aromatic carbocycles. The van der Waals surface area contributed by atoms with Crippen molar-refractivity contribution < 1.29 is 4.79 Å². The van der Waals surface area contributed by atoms with E-state index in [1.807, 2.05) is 49.5 Å². The molecule has 0 radical (unpaired) electrons. The highest BCUT2D eigenvalue weighted by molar-refractivity contribution is 5.96. The van der Waals surface area contributed by atoms with Crippen LogP contribution < -0.4 is 5.69 Å². The summed E-state index contributed by atoms with van der Waals surface area (Å²) in [5.41, 5.74) is 4.63. The van der Waals surface area contributed by atoms with Gasteiger partial charge in [-0.1, -0.05) is 31.5 Å². The molecule has 0 aliphatic heterocycles. The summed E-state index contributed by atoms with van der Waals surface area (Å²) in [5, 5.41) is 18.6. The van der Waals surface area contributed by atoms with Crippen molar-refractivity contribution in [2.24, 2.45) is 0 Å². The number of unbranched alkanes of at least 4 members (excludes halogenated alkanes) is 1. The summed E-state index contributed by atoms with van der Waals surface area (Å²) in [6, 6.07) is 11.8. The SMILES string of the molecule is CCCCc1cn(-c2c(C(C)=O)cnn2CC)c(=O)n1Cc1cc(-c2cccc(-c3nn[nH]n3)c2)ccn1. The summed E-state index contributed by atoms with van der Waals surface area (Å²) in [4.78, 5) is 30.6. The van der Waals surface area contributed by atoms with E-state index in [0.29, 0.717) is 30.3 Å². The lowest BCUT2D eigenvalue weighted by atomic mass is 10.0. The Labute approximate surface area is 219 Å². The molecule has 0 unspecified atom stereocenters. The second-order valence-corrected chi connectivity index (χ2v) is 9.07. The van der Waals surface area contributed by atoms with E-state index in [2.05, 4.69) is 37.6 Å². The molecule has 38 heavy (non-hydrogen) atoms. The Morgan fingerprint density at radius 1 is 1.08 bits per heavy atom. The number of benzene rings is 1. The van der Waals surface area contributed by atoms with E-state index in [1.165, 1.54) is 13.1 Å². The van der Waals surface area contributed by atoms with Crippen molar-refractivity contribution in [1.29, 1.82) is 0 Å². The van der Waals surface area contributed by atoms with Crippen LogP contribution in [0, 0.1) is 0 Å². The molecule has 0 amide bonds. The Hall–Kier alpha value is -4.67. The highest BCUT2D eigenvalue weighted by Gasteiger charge is 2.21. The molecule has 11 nitrogen and oxygen atoms in total. The van der Waals surface area contributed by atoms with E-state index in [9.17, 15) is 9.59 Å². The molecule has 194 valence electrons. The number of aromatic amines is 1. The Morgan fingerprint density at radius 2 is 1.89 bits per heavy atom. The smallest absolute Gasteiger partial charge is 0.294 e. The fourth-order valence-corrected chi connectivity index (χ4v) is 4.55. The van der Waals surface area contributed by atoms with Gasteiger partial charge in [0, 0.05) is 30.2 Å². The van der Waals surface area contributed by atoms with Crippen molar-refractivity contribution in [3.8, 4) is 28.3 Å². The van der Waals surface area contributed by atoms with E-state index in [4.69, 9.17) is 0 Å². The monoisotopic (exact) mass is 511 g/mol. The molecule has 0 saturated carbocycles. The molecule has 11 heteroatoms. The minimum absolute atomic E-state index is 0.133. The standard InChI is InChI=1S/C27H29N9O2/c1-4-6-10-23-17-35(26-24(18(3)37)15-29-36(26)5-2)27(38)34(23)16-22-14-20(11-12-28-22)19-8-7-9-21(13-19)25-30-32-33-31-25/h7-9,11-15,17H,4-6,10,16H2,1-3H3,(H,30,31,32,33). The van der Waals surface area contributed by atoms with Crippen LogP contribution in [0.1, 0.15) is 55.4 Å². The number of hydrogen-bond donors (Lipinski definition) is 1. The first-order valence-electron chi connectivity index (χ1n) is 12.7. The first-order valence-corrected chi connectivity index (χ1v) is 12.7. The Morgan fingerprint density at radius 3 is 2.63 bits per heavy atom. The van der Waals surface area contributed by atoms with Gasteiger partial charge in [0.1, 0.15) is 5.82 Å². The van der Waals surface area contributed by atoms with Crippen LogP contribution in [-0.4, -0.2) is 50.3 Å². The lowest BCUT2D eigenvalue weighted by Crippen LogP contribution is -2.27. The molecule has 5 aromatic rings. The largest absolute Gasteiger partial charge is 0.334 e. The van der Waals surface area contributed by atoms with Crippen molar-refractivity contribution in [3.05, 3.63) is 82.4 Å². The van der Waals surface area contributed by atoms with Crippen molar-refractivity contribution in [2.75, 3.05) is 0 Å². The van der Waals surface area contributed by atoms with Gasteiger partial charge in [-0.15, -0.1) is 10.2 Å². The Bertz CT molecular complexity index is 1630. The van der Waals surface area contributed by atoms with Crippen LogP contribution in [0.4, 0.5) is 0 Å². The summed E-state index contributed by atoms with van der Waals surface area (Å²) in [6.45, 7) is 6.39. The molecule has 0 atom stereocenters. The van der Waals surface area contributed by atoms with Crippen molar-refractivity contribution in [3.63, 3.8) is 0 Å². The molecule has 0 fully saturated rings. The number of tetrazole rings is 1. The second-order valence-electron chi connectivity index (χ2n) is 9.07. The molecule has 0 spiro atoms. The number of Topliss-reactive ketones (excluding diaryl/α,β-unsaturated/α-hetero) is 1. The number of carbonyl (C=O) groups is 1. The van der Waals surface area contributed by atoms with E-state index in [0.717, 1.165) is 47.3 Å². The fraction of sp³-hybridized carbons (Fsp3) is 0.296. The summed E-state index contributed by atoms with van der Waals surface area (Å²) in [6.07, 6.45) is 7.79. The Balaban J connectivity index is 1.54. The molecule has 0 bridgehead atoms. The molecular weight excluding hydrogens is 482 g/mol. The van der Waals surface area contributed by atoms with Crippen LogP contribution in [-0.2, 0) is 19.5 Å². The van der Waals surface area contributed by atoms with E-state index >= 15 is 0 Å². The van der Waals surface area contributed by atoms with Crippen LogP contribution in [0.3, 0.4) is 0 Å². The number of imidazole rings is 1. The molecule has 0 aliphatic rings. The maximum atomic E-state index is 13.8. The van der Waals surface area contributed by atoms with Gasteiger partial charge in [0.15, 0.2) is 5.78 Å². The minimum Gasteiger partial charge on any atom is -0.294 e. The normalized spacial score (nSPS) is 11.2. The highest BCUT2D eigenvalue weighted by atomic mass is 16.2. The molecule has 0 aliphatic carbocycles. The number of pyridine rings is 1. The first-order chi connectivity index (χ1) is 18.5. The zero-order valence-electron chi connectivity index (χ0n) is 21.6. The topological polar surface area (TPSA) is 129 Å². The van der Waals surface area contributed by atoms with Gasteiger partial charge in [-0.25, -0.2) is 9.48 Å². The maximum Gasteiger partial charge on any atom is 0.334 e. The van der Waals surface area contributed by atoms with Gasteiger partial charge in [0.2, 0.25) is 5.82 Å². The van der Waals surface area contributed by atoms with Crippen LogP contribution in [0.25, 0.3) is 28.3 Å². The zero-order valence-corrected chi connectivity index (χ0v) is 21.6. The molecule has 0 saturated heterocycles. The predicted octanol–water partition coefficient (Wildman–Crippen LogP) is 3.69. The van der Waals surface area contributed by atoms with Crippen molar-refractivity contribution in [2.45, 2.75) is 53.1 Å². The van der Waals surface area contributed by atoms with Crippen LogP contribution >= 0.6 is 0 Å². The number of rotatable bonds is 10. The number of nitrogens with zero attached hydrogens (tertiary/aromatic N) is 8. The van der Waals surface area contributed by atoms with Gasteiger partial charge in [-0.2, -0.15) is 10.3 Å². The average molecular weight is 512 g/mol. The fourth-order valence-electron chi connectivity index (χ4n) is 4.55. The first kappa shape index (κ1) is 25.0. The number of aromatic nitrogens is 9. The number of aryl methyl sites for hydroxylation is 2. The van der Waals surface area contributed by atoms with Crippen LogP contribution in [0.2, 0.25) is 0 Å². The van der Waals surface area contributed by atoms with Gasteiger partial charge in [-0.05, 0) is 61.2 Å². The molecular formula is C27H29N9O2. The molecule has 5 rings (SSSR count). The van der Waals surface area contributed by atoms with Crippen molar-refractivity contribution in [1.82, 2.24) is 44.5 Å². The number of nitrogens with one attached hydrogen (secondary N) is 1. The number of ketones is 1. The summed E-state index contributed by atoms with van der Waals surface area (Å²) in [7, 11) is 0. The van der Waals surface area contributed by atoms with Crippen LogP contribution in [0.5, 0.6) is 0 Å². The lowest BCUT2D eigenvalue weighted by molar-refractivity contribution is 0.101. The Kier molecular flexibility index (Phi) is 7.07. The van der Waals surface area contributed by atoms with Crippen molar-refractivity contribution >= 4 is 5.78 Å². The van der Waals surface area contributed by atoms with Gasteiger partial charge < -0.3 is 0 Å². The van der Waals surface area contributed by atoms with Crippen LogP contribution in [0.15, 0.2) is 59.8 Å². The quantitative estimate of drug-likeness (QED) is 0.283. The van der Waals surface area contributed by atoms with Gasteiger partial charge in [0.25, 0.3) is 0 Å². The van der Waals surface area contributed by atoms with Gasteiger partial charge in [0.05, 0.1) is 24.0 Å². The van der Waals surface area contributed by atoms with E-state index in [-0.39, 0.29) is 11.5 Å². The third kappa shape index (κ3) is 4.82. The molecule has 4 heterocycles. The molecule has 4 aromatic heterocycles. The highest BCUT2D eigenvalue weighted by Crippen LogP contribution is 2.25. The molecule has 1 N–H and O–H groups in total. The summed E-state index contributed by atoms with van der Waals surface area (Å²) in [5.74, 6) is 0.888.